The van der Waals surface area contributed by atoms with E-state index in [1.54, 1.807) is 23.1 Å². The normalized spacial score (nSPS) is 18.5. The Labute approximate surface area is 171 Å². The van der Waals surface area contributed by atoms with Crippen molar-refractivity contribution in [3.8, 4) is 11.4 Å². The molecule has 0 saturated carbocycles. The van der Waals surface area contributed by atoms with Crippen molar-refractivity contribution in [1.29, 1.82) is 0 Å². The van der Waals surface area contributed by atoms with Gasteiger partial charge in [0, 0.05) is 41.2 Å². The van der Waals surface area contributed by atoms with E-state index in [0.717, 1.165) is 29.7 Å². The van der Waals surface area contributed by atoms with E-state index >= 15 is 0 Å². The third-order valence-corrected chi connectivity index (χ3v) is 5.92. The Kier molecular flexibility index (Phi) is 4.18. The summed E-state index contributed by atoms with van der Waals surface area (Å²) in [5.41, 5.74) is 3.16. The van der Waals surface area contributed by atoms with Crippen LogP contribution in [0.1, 0.15) is 30.9 Å². The Hall–Kier alpha value is -2.70. The molecule has 5 rings (SSSR count). The lowest BCUT2D eigenvalue weighted by atomic mass is 9.85. The summed E-state index contributed by atoms with van der Waals surface area (Å²) in [5.74, 6) is 1.24. The van der Waals surface area contributed by atoms with Crippen molar-refractivity contribution in [3.63, 3.8) is 0 Å². The van der Waals surface area contributed by atoms with Crippen LogP contribution in [0.3, 0.4) is 0 Å². The summed E-state index contributed by atoms with van der Waals surface area (Å²) in [6, 6.07) is 8.68. The van der Waals surface area contributed by atoms with Crippen LogP contribution in [0.5, 0.6) is 0 Å². The summed E-state index contributed by atoms with van der Waals surface area (Å²) in [4.78, 5) is 21.6. The quantitative estimate of drug-likeness (QED) is 0.663. The number of rotatable bonds is 2. The molecule has 1 aliphatic heterocycles. The molecule has 1 unspecified atom stereocenters. The number of fused-ring (bicyclic) bond motifs is 1. The summed E-state index contributed by atoms with van der Waals surface area (Å²) < 4.78 is 1.73. The van der Waals surface area contributed by atoms with Crippen molar-refractivity contribution in [1.82, 2.24) is 19.7 Å². The number of benzene rings is 1. The lowest BCUT2D eigenvalue weighted by Gasteiger charge is -2.32. The number of hydrogen-bond acceptors (Lipinski definition) is 5. The van der Waals surface area contributed by atoms with Gasteiger partial charge in [0.05, 0.1) is 10.0 Å². The second kappa shape index (κ2) is 6.72. The predicted octanol–water partition coefficient (Wildman–Crippen LogP) is 4.67. The molecule has 140 valence electrons. The lowest BCUT2D eigenvalue weighted by molar-refractivity contribution is -0.116. The zero-order valence-electron chi connectivity index (χ0n) is 14.7. The number of halogens is 2. The number of nitrogens with zero attached hydrogens (tertiary/aromatic N) is 4. The molecular weight excluding hydrogens is 397 g/mol. The van der Waals surface area contributed by atoms with E-state index in [4.69, 9.17) is 28.3 Å². The van der Waals surface area contributed by atoms with E-state index in [0.29, 0.717) is 33.8 Å². The molecule has 1 atom stereocenters. The molecule has 2 aromatic heterocycles. The molecule has 28 heavy (non-hydrogen) atoms. The minimum Gasteiger partial charge on any atom is -0.328 e. The molecule has 0 amide bonds. The summed E-state index contributed by atoms with van der Waals surface area (Å²) in [6.45, 7) is 0. The van der Waals surface area contributed by atoms with Crippen LogP contribution in [-0.2, 0) is 4.79 Å². The number of aromatic nitrogens is 4. The smallest absolute Gasteiger partial charge is 0.226 e. The van der Waals surface area contributed by atoms with E-state index in [1.165, 1.54) is 0 Å². The van der Waals surface area contributed by atoms with Crippen LogP contribution in [0.25, 0.3) is 11.4 Å². The largest absolute Gasteiger partial charge is 0.328 e. The Morgan fingerprint density at radius 2 is 1.93 bits per heavy atom. The molecule has 1 aromatic carbocycles. The monoisotopic (exact) mass is 411 g/mol. The molecule has 0 fully saturated rings. The van der Waals surface area contributed by atoms with Crippen LogP contribution < -0.4 is 5.32 Å². The van der Waals surface area contributed by atoms with Gasteiger partial charge in [0.25, 0.3) is 0 Å². The molecule has 8 heteroatoms. The van der Waals surface area contributed by atoms with Gasteiger partial charge in [0.2, 0.25) is 5.95 Å². The van der Waals surface area contributed by atoms with Gasteiger partial charge >= 0.3 is 0 Å². The number of anilines is 1. The Balaban J connectivity index is 1.73. The first kappa shape index (κ1) is 17.4. The second-order valence-corrected chi connectivity index (χ2v) is 7.56. The van der Waals surface area contributed by atoms with Gasteiger partial charge in [-0.2, -0.15) is 4.98 Å². The molecule has 3 aromatic rings. The maximum absolute atomic E-state index is 12.9. The fraction of sp³-hybridized carbons (Fsp3) is 0.200. The van der Waals surface area contributed by atoms with E-state index in [-0.39, 0.29) is 5.78 Å². The maximum atomic E-state index is 12.9. The van der Waals surface area contributed by atoms with Crippen molar-refractivity contribution in [2.75, 3.05) is 5.32 Å². The van der Waals surface area contributed by atoms with Crippen molar-refractivity contribution < 1.29 is 4.79 Å². The van der Waals surface area contributed by atoms with Crippen LogP contribution in [0.15, 0.2) is 54.0 Å². The van der Waals surface area contributed by atoms with Gasteiger partial charge in [-0.15, -0.1) is 5.10 Å². The number of carbonyl (C=O) groups is 1. The second-order valence-electron chi connectivity index (χ2n) is 6.78. The highest BCUT2D eigenvalue weighted by atomic mass is 35.5. The van der Waals surface area contributed by atoms with Crippen LogP contribution in [-0.4, -0.2) is 25.5 Å². The standard InChI is InChI=1S/C20H15Cl2N5O/c21-13-4-1-3-12(17(13)22)18-16-14(5-2-6-15(16)28)24-20-25-19(26-27(18)20)11-7-9-23-10-8-11/h1,3-4,7-10,18H,2,5-6H2,(H,24,25,26). The SMILES string of the molecule is O=C1CCCC2=C1C(c1cccc(Cl)c1Cl)n1nc(-c3ccncc3)nc1N2. The molecule has 1 aliphatic carbocycles. The van der Waals surface area contributed by atoms with Gasteiger partial charge in [-0.1, -0.05) is 35.3 Å². The van der Waals surface area contributed by atoms with E-state index in [1.807, 2.05) is 24.3 Å². The first-order chi connectivity index (χ1) is 13.6. The Morgan fingerprint density at radius 1 is 1.11 bits per heavy atom. The average Bonchev–Trinajstić information content (AvgIpc) is 3.13. The van der Waals surface area contributed by atoms with Gasteiger partial charge in [-0.3, -0.25) is 9.78 Å². The molecule has 0 radical (unpaired) electrons. The van der Waals surface area contributed by atoms with Gasteiger partial charge in [-0.05, 0) is 31.0 Å². The Bertz CT molecular complexity index is 1120. The third kappa shape index (κ3) is 2.72. The lowest BCUT2D eigenvalue weighted by Crippen LogP contribution is -2.31. The summed E-state index contributed by atoms with van der Waals surface area (Å²) in [5, 5.41) is 8.88. The molecule has 0 saturated heterocycles. The molecule has 0 spiro atoms. The highest BCUT2D eigenvalue weighted by Crippen LogP contribution is 2.43. The van der Waals surface area contributed by atoms with Crippen molar-refractivity contribution in [2.24, 2.45) is 0 Å². The van der Waals surface area contributed by atoms with Gasteiger partial charge in [0.15, 0.2) is 11.6 Å². The number of ketones is 1. The zero-order valence-corrected chi connectivity index (χ0v) is 16.2. The number of hydrogen-bond donors (Lipinski definition) is 1. The summed E-state index contributed by atoms with van der Waals surface area (Å²) in [7, 11) is 0. The molecule has 3 heterocycles. The molecule has 1 N–H and O–H groups in total. The number of allylic oxidation sites excluding steroid dienone is 2. The first-order valence-electron chi connectivity index (χ1n) is 8.97. The molecular formula is C20H15Cl2N5O. The number of Topliss-reactive ketones (excluding diaryl/α,β-unsaturated/α-hetero) is 1. The summed E-state index contributed by atoms with van der Waals surface area (Å²) in [6.07, 6.45) is 5.50. The fourth-order valence-corrected chi connectivity index (χ4v) is 4.21. The van der Waals surface area contributed by atoms with Crippen molar-refractivity contribution in [2.45, 2.75) is 25.3 Å². The van der Waals surface area contributed by atoms with Crippen LogP contribution in [0.4, 0.5) is 5.95 Å². The number of nitrogens with one attached hydrogen (secondary N) is 1. The van der Waals surface area contributed by atoms with E-state index < -0.39 is 6.04 Å². The van der Waals surface area contributed by atoms with Gasteiger partial charge in [-0.25, -0.2) is 4.68 Å². The van der Waals surface area contributed by atoms with E-state index in [2.05, 4.69) is 15.3 Å². The average molecular weight is 412 g/mol. The Morgan fingerprint density at radius 3 is 2.75 bits per heavy atom. The van der Waals surface area contributed by atoms with E-state index in [9.17, 15) is 4.79 Å². The highest BCUT2D eigenvalue weighted by molar-refractivity contribution is 6.42. The van der Waals surface area contributed by atoms with Gasteiger partial charge < -0.3 is 5.32 Å². The van der Waals surface area contributed by atoms with Crippen molar-refractivity contribution in [3.05, 3.63) is 69.6 Å². The molecule has 2 aliphatic rings. The molecule has 0 bridgehead atoms. The number of pyridine rings is 1. The van der Waals surface area contributed by atoms with Gasteiger partial charge in [0.1, 0.15) is 6.04 Å². The maximum Gasteiger partial charge on any atom is 0.226 e. The minimum atomic E-state index is -0.465. The first-order valence-corrected chi connectivity index (χ1v) is 9.73. The van der Waals surface area contributed by atoms with Crippen LogP contribution >= 0.6 is 23.2 Å². The van der Waals surface area contributed by atoms with Crippen LogP contribution in [0, 0.1) is 0 Å². The zero-order chi connectivity index (χ0) is 19.3. The molecule has 6 nitrogen and oxygen atoms in total. The predicted molar refractivity (Wildman–Crippen MR) is 107 cm³/mol. The third-order valence-electron chi connectivity index (χ3n) is 5.08. The highest BCUT2D eigenvalue weighted by Gasteiger charge is 2.38. The van der Waals surface area contributed by atoms with Crippen molar-refractivity contribution >= 4 is 34.9 Å². The summed E-state index contributed by atoms with van der Waals surface area (Å²) >= 11 is 12.8. The minimum absolute atomic E-state index is 0.0985. The van der Waals surface area contributed by atoms with Crippen LogP contribution in [0.2, 0.25) is 10.0 Å². The number of carbonyl (C=O) groups excluding carboxylic acids is 1. The fourth-order valence-electron chi connectivity index (χ4n) is 3.80. The topological polar surface area (TPSA) is 72.7 Å².